The summed E-state index contributed by atoms with van der Waals surface area (Å²) in [5.41, 5.74) is 1.07. The third kappa shape index (κ3) is 2.26. The summed E-state index contributed by atoms with van der Waals surface area (Å²) < 4.78 is 14.4. The second-order valence-corrected chi connectivity index (χ2v) is 4.26. The van der Waals surface area contributed by atoms with Crippen molar-refractivity contribution >= 4 is 10.2 Å². The normalized spacial score (nSPS) is 12.4. The third-order valence-electron chi connectivity index (χ3n) is 2.70. The second kappa shape index (κ2) is 5.95. The molecule has 1 aromatic heterocycles. The molecule has 0 aliphatic rings. The lowest BCUT2D eigenvalue weighted by Crippen LogP contribution is -2.34. The third-order valence-corrected chi connectivity index (χ3v) is 3.38. The van der Waals surface area contributed by atoms with Gasteiger partial charge in [0.15, 0.2) is 0 Å². The van der Waals surface area contributed by atoms with Gasteiger partial charge in [-0.3, -0.25) is 0 Å². The lowest BCUT2D eigenvalue weighted by atomic mass is 10.2. The molecule has 1 aromatic rings. The Balaban J connectivity index is 3.48. The van der Waals surface area contributed by atoms with Crippen LogP contribution >= 0.6 is 0 Å². The maximum absolute atomic E-state index is 5.47. The van der Waals surface area contributed by atoms with E-state index < -0.39 is 0 Å². The Kier molecular flexibility index (Phi) is 4.86. The van der Waals surface area contributed by atoms with E-state index in [-0.39, 0.29) is 5.54 Å². The Labute approximate surface area is 106 Å². The molecular formula is C11H20N2O3Si+. The van der Waals surface area contributed by atoms with Crippen LogP contribution in [-0.4, -0.2) is 36.3 Å². The molecule has 6 heteroatoms. The van der Waals surface area contributed by atoms with Gasteiger partial charge in [0.25, 0.3) is 0 Å². The Morgan fingerprint density at radius 1 is 1.24 bits per heavy atom. The highest BCUT2D eigenvalue weighted by Gasteiger charge is 2.36. The Bertz CT molecular complexity index is 350. The first kappa shape index (κ1) is 13.9. The number of imidazole rings is 1. The maximum Gasteiger partial charge on any atom is 0.499 e. The molecule has 3 radical (unpaired) electrons. The summed E-state index contributed by atoms with van der Waals surface area (Å²) in [6, 6.07) is 0.624. The van der Waals surface area contributed by atoms with E-state index >= 15 is 0 Å². The highest BCUT2D eigenvalue weighted by Crippen LogP contribution is 2.28. The van der Waals surface area contributed by atoms with Crippen LogP contribution in [0, 0.1) is 0 Å². The van der Waals surface area contributed by atoms with Crippen LogP contribution in [0.15, 0.2) is 0 Å². The summed E-state index contributed by atoms with van der Waals surface area (Å²) in [5.74, 6) is 0.757. The van der Waals surface area contributed by atoms with Gasteiger partial charge in [-0.1, -0.05) is 6.92 Å². The molecule has 0 N–H and O–H groups in total. The van der Waals surface area contributed by atoms with Gasteiger partial charge in [-0.25, -0.2) is 0 Å². The molecular weight excluding hydrogens is 236 g/mol. The van der Waals surface area contributed by atoms with Crippen LogP contribution in [0.25, 0.3) is 0 Å². The molecule has 17 heavy (non-hydrogen) atoms. The number of rotatable bonds is 6. The van der Waals surface area contributed by atoms with E-state index in [1.165, 1.54) is 0 Å². The predicted octanol–water partition coefficient (Wildman–Crippen LogP) is 0.491. The number of hydrogen-bond acceptors (Lipinski definition) is 3. The van der Waals surface area contributed by atoms with Crippen molar-refractivity contribution in [2.45, 2.75) is 32.4 Å². The highest BCUT2D eigenvalue weighted by atomic mass is 28.1. The van der Waals surface area contributed by atoms with Gasteiger partial charge in [0, 0.05) is 15.8 Å². The molecule has 0 saturated heterocycles. The van der Waals surface area contributed by atoms with Gasteiger partial charge in [0.2, 0.25) is 5.69 Å². The fourth-order valence-corrected chi connectivity index (χ4v) is 2.11. The van der Waals surface area contributed by atoms with E-state index in [0.717, 1.165) is 24.5 Å². The molecule has 0 aliphatic heterocycles. The van der Waals surface area contributed by atoms with Crippen molar-refractivity contribution in [2.24, 2.45) is 0 Å². The molecule has 0 amide bonds. The van der Waals surface area contributed by atoms with Gasteiger partial charge in [0.05, 0.1) is 20.8 Å². The van der Waals surface area contributed by atoms with Crippen LogP contribution < -0.4 is 18.9 Å². The van der Waals surface area contributed by atoms with Crippen LogP contribution in [0.2, 0.25) is 0 Å². The lowest BCUT2D eigenvalue weighted by Gasteiger charge is -2.06. The minimum Gasteiger partial charge on any atom is -0.463 e. The van der Waals surface area contributed by atoms with Crippen LogP contribution in [0.4, 0.5) is 0 Å². The van der Waals surface area contributed by atoms with Gasteiger partial charge < -0.3 is 14.3 Å². The van der Waals surface area contributed by atoms with Crippen LogP contribution in [0.1, 0.15) is 31.5 Å². The summed E-state index contributed by atoms with van der Waals surface area (Å²) in [6.07, 6.45) is 0.924. The summed E-state index contributed by atoms with van der Waals surface area (Å²) in [6.45, 7) is 4.87. The number of ether oxygens (including phenoxy) is 2. The van der Waals surface area contributed by atoms with Gasteiger partial charge in [-0.05, 0) is 18.1 Å². The molecule has 0 bridgehead atoms. The molecule has 1 heterocycles. The minimum atomic E-state index is 0.145. The van der Waals surface area contributed by atoms with Gasteiger partial charge in [0.1, 0.15) is 7.11 Å². The number of aromatic nitrogens is 2. The van der Waals surface area contributed by atoms with E-state index in [0.29, 0.717) is 6.01 Å². The SMILES string of the molecule is CCC([Si])c1c(OC)[n+](CC)c(OC)n1OC. The summed E-state index contributed by atoms with van der Waals surface area (Å²) in [4.78, 5) is 5.38. The summed E-state index contributed by atoms with van der Waals surface area (Å²) in [5, 5.41) is 0. The molecule has 95 valence electrons. The van der Waals surface area contributed by atoms with Crippen LogP contribution in [0.5, 0.6) is 11.9 Å². The molecule has 5 nitrogen and oxygen atoms in total. The maximum atomic E-state index is 5.47. The Morgan fingerprint density at radius 3 is 2.24 bits per heavy atom. The van der Waals surface area contributed by atoms with Crippen molar-refractivity contribution in [3.63, 3.8) is 0 Å². The van der Waals surface area contributed by atoms with E-state index in [1.54, 1.807) is 26.1 Å². The van der Waals surface area contributed by atoms with E-state index in [1.807, 2.05) is 11.5 Å². The zero-order chi connectivity index (χ0) is 13.0. The average Bonchev–Trinajstić information content (AvgIpc) is 2.69. The zero-order valence-electron chi connectivity index (χ0n) is 11.1. The quantitative estimate of drug-likeness (QED) is 0.549. The topological polar surface area (TPSA) is 36.5 Å². The second-order valence-electron chi connectivity index (χ2n) is 3.56. The molecule has 0 fully saturated rings. The Morgan fingerprint density at radius 2 is 1.88 bits per heavy atom. The van der Waals surface area contributed by atoms with Crippen molar-refractivity contribution in [1.29, 1.82) is 0 Å². The van der Waals surface area contributed by atoms with E-state index in [2.05, 4.69) is 17.2 Å². The average molecular weight is 256 g/mol. The highest BCUT2D eigenvalue weighted by molar-refractivity contribution is 6.12. The predicted molar refractivity (Wildman–Crippen MR) is 64.7 cm³/mol. The first-order chi connectivity index (χ1) is 8.15. The molecule has 1 unspecified atom stereocenters. The fraction of sp³-hybridized carbons (Fsp3) is 0.727. The zero-order valence-corrected chi connectivity index (χ0v) is 12.1. The van der Waals surface area contributed by atoms with Crippen molar-refractivity contribution < 1.29 is 18.9 Å². The van der Waals surface area contributed by atoms with Crippen LogP contribution in [-0.2, 0) is 6.54 Å². The molecule has 0 aliphatic carbocycles. The minimum absolute atomic E-state index is 0.145. The summed E-state index contributed by atoms with van der Waals surface area (Å²) >= 11 is 0. The molecule has 0 saturated carbocycles. The first-order valence-corrected chi connectivity index (χ1v) is 6.25. The van der Waals surface area contributed by atoms with Gasteiger partial charge >= 0.3 is 11.9 Å². The summed E-state index contributed by atoms with van der Waals surface area (Å²) in [7, 11) is 8.56. The largest absolute Gasteiger partial charge is 0.499 e. The smallest absolute Gasteiger partial charge is 0.463 e. The first-order valence-electron chi connectivity index (χ1n) is 5.68. The number of methoxy groups -OCH3 is 2. The fourth-order valence-electron chi connectivity index (χ4n) is 1.87. The molecule has 0 spiro atoms. The monoisotopic (exact) mass is 256 g/mol. The van der Waals surface area contributed by atoms with Crippen molar-refractivity contribution in [2.75, 3.05) is 21.3 Å². The molecule has 0 aromatic carbocycles. The van der Waals surface area contributed by atoms with Crippen molar-refractivity contribution in [3.8, 4) is 11.9 Å². The van der Waals surface area contributed by atoms with Gasteiger partial charge in [-0.15, -0.1) is 0 Å². The lowest BCUT2D eigenvalue weighted by molar-refractivity contribution is -0.703. The van der Waals surface area contributed by atoms with E-state index in [9.17, 15) is 0 Å². The number of nitrogens with zero attached hydrogens (tertiary/aromatic N) is 2. The van der Waals surface area contributed by atoms with Crippen molar-refractivity contribution in [1.82, 2.24) is 4.73 Å². The molecule has 1 rings (SSSR count). The van der Waals surface area contributed by atoms with Crippen molar-refractivity contribution in [3.05, 3.63) is 5.69 Å². The molecule has 1 atom stereocenters. The Hall–Kier alpha value is -1.17. The standard InChI is InChI=1S/C11H20N2O3Si/c1-6-8(17)9-10(14-3)12(7-2)11(15-4)13(9)16-5/h8H,6-7H2,1-5H3/q+1. The van der Waals surface area contributed by atoms with E-state index in [4.69, 9.17) is 14.3 Å². The van der Waals surface area contributed by atoms with Gasteiger partial charge in [-0.2, -0.15) is 4.57 Å². The number of hydrogen-bond donors (Lipinski definition) is 0. The van der Waals surface area contributed by atoms with Crippen LogP contribution in [0.3, 0.4) is 0 Å².